The van der Waals surface area contributed by atoms with Crippen LogP contribution in [0.4, 0.5) is 14.6 Å². The van der Waals surface area contributed by atoms with Crippen LogP contribution in [-0.4, -0.2) is 94.9 Å². The van der Waals surface area contributed by atoms with Crippen LogP contribution >= 0.6 is 22.7 Å². The Labute approximate surface area is 310 Å². The van der Waals surface area contributed by atoms with Crippen LogP contribution in [0.2, 0.25) is 0 Å². The second-order valence-electron chi connectivity index (χ2n) is 13.8. The van der Waals surface area contributed by atoms with E-state index in [2.05, 4.69) is 39.3 Å². The summed E-state index contributed by atoms with van der Waals surface area (Å²) in [6.45, 7) is 8.82. The molecule has 3 N–H and O–H groups in total. The van der Waals surface area contributed by atoms with Crippen molar-refractivity contribution in [3.05, 3.63) is 33.3 Å². The molecule has 0 radical (unpaired) electrons. The van der Waals surface area contributed by atoms with E-state index in [1.165, 1.54) is 36.9 Å². The van der Waals surface area contributed by atoms with Gasteiger partial charge in [-0.05, 0) is 78.9 Å². The van der Waals surface area contributed by atoms with Crippen molar-refractivity contribution >= 4 is 67.7 Å². The molecular weight excluding hydrogens is 703 g/mol. The van der Waals surface area contributed by atoms with E-state index >= 15 is 0 Å². The van der Waals surface area contributed by atoms with Gasteiger partial charge in [0.05, 0.1) is 41.6 Å². The number of hydrogen-bond donors (Lipinski definition) is 3. The second kappa shape index (κ2) is 15.8. The summed E-state index contributed by atoms with van der Waals surface area (Å²) in [7, 11) is 2.58. The number of carbonyl (C=O) groups excluding carboxylic acids is 4. The van der Waals surface area contributed by atoms with E-state index in [1.54, 1.807) is 4.90 Å². The Hall–Kier alpha value is -4.86. The number of hydrogen-bond acceptors (Lipinski definition) is 10. The number of carbonyl (C=O) groups is 4. The van der Waals surface area contributed by atoms with Crippen molar-refractivity contribution in [3.8, 4) is 23.7 Å². The van der Waals surface area contributed by atoms with Crippen molar-refractivity contribution in [3.63, 3.8) is 0 Å². The molecule has 0 unspecified atom stereocenters. The molecule has 3 aliphatic heterocycles. The fourth-order valence-corrected chi connectivity index (χ4v) is 8.73. The number of aromatic nitrogens is 2. The van der Waals surface area contributed by atoms with Gasteiger partial charge in [0.2, 0.25) is 11.8 Å². The molecule has 6 heterocycles. The third-order valence-electron chi connectivity index (χ3n) is 9.59. The Balaban J connectivity index is 1.08. The van der Waals surface area contributed by atoms with Crippen LogP contribution in [0.15, 0.2) is 17.1 Å². The highest BCUT2D eigenvalue weighted by Gasteiger charge is 2.40. The molecule has 0 saturated carbocycles. The van der Waals surface area contributed by atoms with E-state index in [0.717, 1.165) is 67.9 Å². The molecular formula is C37H43N7O6S2. The lowest BCUT2D eigenvalue weighted by molar-refractivity contribution is -0.135. The molecule has 0 spiro atoms. The summed E-state index contributed by atoms with van der Waals surface area (Å²) in [5, 5.41) is 6.29. The highest BCUT2D eigenvalue weighted by Crippen LogP contribution is 2.38. The summed E-state index contributed by atoms with van der Waals surface area (Å²) in [4.78, 5) is 70.0. The van der Waals surface area contributed by atoms with Crippen LogP contribution in [-0.2, 0) is 25.5 Å². The Kier molecular flexibility index (Phi) is 11.2. The number of amides is 4. The molecule has 0 aromatic carbocycles. The number of likely N-dealkylation sites (tertiary alicyclic amines) is 2. The van der Waals surface area contributed by atoms with Crippen LogP contribution in [0.1, 0.15) is 80.6 Å². The van der Waals surface area contributed by atoms with E-state index in [4.69, 9.17) is 19.5 Å². The number of fused-ring (bicyclic) bond motifs is 2. The number of H-pyrrole nitrogens is 1. The molecule has 15 heteroatoms. The number of ether oxygens (including phenoxy) is 2. The lowest BCUT2D eigenvalue weighted by atomic mass is 10.0. The maximum absolute atomic E-state index is 13.5. The highest BCUT2D eigenvalue weighted by molar-refractivity contribution is 7.19. The molecule has 0 bridgehead atoms. The number of aliphatic imine (C=N–C) groups is 1. The quantitative estimate of drug-likeness (QED) is 0.270. The van der Waals surface area contributed by atoms with Gasteiger partial charge >= 0.3 is 12.2 Å². The number of nitrogens with zero attached hydrogens (tertiary/aromatic N) is 4. The molecule has 3 aliphatic rings. The zero-order chi connectivity index (χ0) is 37.1. The largest absolute Gasteiger partial charge is 0.453 e. The van der Waals surface area contributed by atoms with Gasteiger partial charge in [-0.2, -0.15) is 0 Å². The molecule has 52 heavy (non-hydrogen) atoms. The van der Waals surface area contributed by atoms with Crippen LogP contribution < -0.4 is 10.6 Å². The number of alkyl carbamates (subject to hydrolysis) is 2. The summed E-state index contributed by atoms with van der Waals surface area (Å²) in [6, 6.07) is 2.36. The standard InChI is InChI=1S/C37H43N7O6S2/c1-20(2)29(40-36(47)49-5)34(45)43-15-9-13-27(43)25-18-22-17-23(51-32(22)39-25)11-7-8-12-24-19-26-33(52-24)42-31(38-26)28-14-10-16-44(28)35(46)30(21(3)4)41-37(48)50-6/h17,19-21,27-30H,9-10,13-16,18H2,1-6H3,(H,38,42)(H,40,47)(H,41,48)/t27-,28-,29-,30-/m0/s1. The summed E-state index contributed by atoms with van der Waals surface area (Å²) < 4.78 is 9.48. The fraction of sp³-hybridized carbons (Fsp3) is 0.514. The minimum absolute atomic E-state index is 0.0857. The number of nitrogens with one attached hydrogen (secondary N) is 3. The zero-order valence-electron chi connectivity index (χ0n) is 30.1. The average molecular weight is 746 g/mol. The van der Waals surface area contributed by atoms with Crippen molar-refractivity contribution in [2.75, 3.05) is 27.3 Å². The first-order chi connectivity index (χ1) is 25.0. The summed E-state index contributed by atoms with van der Waals surface area (Å²) in [5.74, 6) is 12.5. The predicted molar refractivity (Wildman–Crippen MR) is 200 cm³/mol. The van der Waals surface area contributed by atoms with Crippen LogP contribution in [0.5, 0.6) is 0 Å². The van der Waals surface area contributed by atoms with Gasteiger partial charge in [-0.15, -0.1) is 22.7 Å². The number of imidazole rings is 1. The topological polar surface area (TPSA) is 158 Å². The van der Waals surface area contributed by atoms with Crippen molar-refractivity contribution < 1.29 is 28.7 Å². The van der Waals surface area contributed by atoms with Gasteiger partial charge in [-0.25, -0.2) is 19.6 Å². The Morgan fingerprint density at radius 1 is 0.846 bits per heavy atom. The fourth-order valence-electron chi connectivity index (χ4n) is 6.94. The Bertz CT molecular complexity index is 1990. The Morgan fingerprint density at radius 2 is 1.40 bits per heavy atom. The first-order valence-electron chi connectivity index (χ1n) is 17.5. The van der Waals surface area contributed by atoms with Gasteiger partial charge < -0.3 is 34.9 Å². The van der Waals surface area contributed by atoms with E-state index in [9.17, 15) is 19.2 Å². The lowest BCUT2D eigenvalue weighted by Crippen LogP contribution is -2.53. The molecule has 3 aromatic heterocycles. The molecule has 2 fully saturated rings. The maximum atomic E-state index is 13.5. The SMILES string of the molecule is COC(=O)N[C@H](C(=O)N1CCC[C@H]1C1=Nc2sc(C#CC#Cc3cc4[nH]c([C@@H]5CCCN5C(=O)[C@@H](NC(=O)OC)C(C)C)nc4s3)cc2C1)C(C)C. The minimum atomic E-state index is -0.686. The highest BCUT2D eigenvalue weighted by atomic mass is 32.1. The third-order valence-corrected chi connectivity index (χ3v) is 11.5. The van der Waals surface area contributed by atoms with E-state index in [-0.39, 0.29) is 35.7 Å². The van der Waals surface area contributed by atoms with E-state index < -0.39 is 24.3 Å². The molecule has 0 aliphatic carbocycles. The average Bonchev–Trinajstić information content (AvgIpc) is 3.95. The first kappa shape index (κ1) is 36.9. The second-order valence-corrected chi connectivity index (χ2v) is 15.8. The molecule has 274 valence electrons. The first-order valence-corrected chi connectivity index (χ1v) is 19.1. The summed E-state index contributed by atoms with van der Waals surface area (Å²) >= 11 is 2.98. The van der Waals surface area contributed by atoms with E-state index in [1.807, 2.05) is 44.7 Å². The van der Waals surface area contributed by atoms with Gasteiger partial charge in [0.15, 0.2) is 0 Å². The maximum Gasteiger partial charge on any atom is 0.407 e. The molecule has 13 nitrogen and oxygen atoms in total. The van der Waals surface area contributed by atoms with Crippen LogP contribution in [0, 0.1) is 35.5 Å². The van der Waals surface area contributed by atoms with E-state index in [0.29, 0.717) is 19.5 Å². The third kappa shape index (κ3) is 7.81. The molecule has 6 rings (SSSR count). The number of thiophene rings is 2. The zero-order valence-corrected chi connectivity index (χ0v) is 31.8. The molecule has 4 atom stereocenters. The van der Waals surface area contributed by atoms with Crippen molar-refractivity contribution in [1.29, 1.82) is 0 Å². The predicted octanol–water partition coefficient (Wildman–Crippen LogP) is 5.13. The normalized spacial score (nSPS) is 19.0. The monoisotopic (exact) mass is 745 g/mol. The number of rotatable bonds is 8. The number of methoxy groups -OCH3 is 2. The van der Waals surface area contributed by atoms with Gasteiger partial charge in [0.25, 0.3) is 0 Å². The minimum Gasteiger partial charge on any atom is -0.453 e. The Morgan fingerprint density at radius 3 is 1.94 bits per heavy atom. The molecule has 4 amide bonds. The number of aromatic amines is 1. The van der Waals surface area contributed by atoms with Crippen LogP contribution in [0.3, 0.4) is 0 Å². The molecule has 3 aromatic rings. The summed E-state index contributed by atoms with van der Waals surface area (Å²) in [6.07, 6.45) is 2.77. The van der Waals surface area contributed by atoms with Gasteiger partial charge in [-0.1, -0.05) is 27.7 Å². The van der Waals surface area contributed by atoms with Crippen LogP contribution in [0.25, 0.3) is 10.3 Å². The smallest absolute Gasteiger partial charge is 0.407 e. The molecule has 2 saturated heterocycles. The van der Waals surface area contributed by atoms with Gasteiger partial charge in [0.1, 0.15) is 27.7 Å². The lowest BCUT2D eigenvalue weighted by Gasteiger charge is -2.30. The summed E-state index contributed by atoms with van der Waals surface area (Å²) in [5.41, 5.74) is 2.93. The van der Waals surface area contributed by atoms with Gasteiger partial charge in [0, 0.05) is 25.2 Å². The van der Waals surface area contributed by atoms with Crippen molar-refractivity contribution in [1.82, 2.24) is 30.4 Å². The van der Waals surface area contributed by atoms with Gasteiger partial charge in [-0.3, -0.25) is 9.59 Å². The van der Waals surface area contributed by atoms with Crippen molar-refractivity contribution in [2.45, 2.75) is 84.0 Å². The van der Waals surface area contributed by atoms with Crippen molar-refractivity contribution in [2.24, 2.45) is 16.8 Å².